The van der Waals surface area contributed by atoms with Gasteiger partial charge in [0.2, 0.25) is 0 Å². The van der Waals surface area contributed by atoms with Crippen molar-refractivity contribution in [3.8, 4) is 17.2 Å². The minimum atomic E-state index is -0.895. The first kappa shape index (κ1) is 20.8. The van der Waals surface area contributed by atoms with E-state index in [-0.39, 0.29) is 24.0 Å². The maximum absolute atomic E-state index is 10.9. The Balaban J connectivity index is 2.44. The van der Waals surface area contributed by atoms with Crippen LogP contribution >= 0.6 is 31.9 Å². The lowest BCUT2D eigenvalue weighted by Gasteiger charge is -2.20. The van der Waals surface area contributed by atoms with E-state index in [9.17, 15) is 9.90 Å². The number of carboxylic acid groups (broad SMARTS) is 1. The first-order chi connectivity index (χ1) is 12.1. The Bertz CT molecular complexity index is 806. The summed E-state index contributed by atoms with van der Waals surface area (Å²) in [6.45, 7) is 8.26. The Morgan fingerprint density at radius 3 is 2.08 bits per heavy atom. The summed E-state index contributed by atoms with van der Waals surface area (Å²) in [4.78, 5) is 10.9. The van der Waals surface area contributed by atoms with Gasteiger partial charge in [-0.1, -0.05) is 27.7 Å². The van der Waals surface area contributed by atoms with Crippen molar-refractivity contribution >= 4 is 37.8 Å². The molecular weight excluding hydrogens is 464 g/mol. The van der Waals surface area contributed by atoms with Crippen LogP contribution in [0.2, 0.25) is 0 Å². The molecule has 2 aromatic carbocycles. The third-order valence-electron chi connectivity index (χ3n) is 4.00. The van der Waals surface area contributed by atoms with Gasteiger partial charge < -0.3 is 14.9 Å². The molecule has 0 radical (unpaired) electrons. The van der Waals surface area contributed by atoms with Crippen LogP contribution in [0.15, 0.2) is 33.2 Å². The van der Waals surface area contributed by atoms with Gasteiger partial charge in [0.15, 0.2) is 5.75 Å². The number of ether oxygens (including phenoxy) is 1. The highest BCUT2D eigenvalue weighted by atomic mass is 79.9. The number of phenols is 1. The Morgan fingerprint density at radius 2 is 1.62 bits per heavy atom. The fraction of sp³-hybridized carbons (Fsp3) is 0.350. The van der Waals surface area contributed by atoms with E-state index in [0.717, 1.165) is 11.1 Å². The monoisotopic (exact) mass is 484 g/mol. The molecule has 0 aromatic heterocycles. The molecule has 0 aliphatic rings. The summed E-state index contributed by atoms with van der Waals surface area (Å²) in [6, 6.07) is 7.01. The molecule has 6 heteroatoms. The molecule has 0 saturated heterocycles. The maximum atomic E-state index is 10.9. The molecule has 2 N–H and O–H groups in total. The SMILES string of the molecule is CC(C)c1cc(Oc2c(Br)cc(CC(=O)O)cc2Br)cc(O)c1C(C)C. The van der Waals surface area contributed by atoms with Gasteiger partial charge in [-0.2, -0.15) is 0 Å². The van der Waals surface area contributed by atoms with E-state index in [1.165, 1.54) is 0 Å². The Labute approximate surface area is 170 Å². The van der Waals surface area contributed by atoms with Crippen LogP contribution in [0.25, 0.3) is 0 Å². The minimum Gasteiger partial charge on any atom is -0.508 e. The number of rotatable bonds is 6. The summed E-state index contributed by atoms with van der Waals surface area (Å²) in [7, 11) is 0. The molecule has 140 valence electrons. The molecule has 0 aliphatic carbocycles. The van der Waals surface area contributed by atoms with Crippen LogP contribution in [0.4, 0.5) is 0 Å². The van der Waals surface area contributed by atoms with Crippen molar-refractivity contribution in [1.82, 2.24) is 0 Å². The van der Waals surface area contributed by atoms with Crippen LogP contribution in [0, 0.1) is 0 Å². The fourth-order valence-electron chi connectivity index (χ4n) is 2.90. The van der Waals surface area contributed by atoms with Gasteiger partial charge in [0.25, 0.3) is 0 Å². The zero-order valence-electron chi connectivity index (χ0n) is 15.1. The summed E-state index contributed by atoms with van der Waals surface area (Å²) in [5.41, 5.74) is 2.64. The van der Waals surface area contributed by atoms with Crippen LogP contribution in [0.5, 0.6) is 17.2 Å². The molecule has 4 nitrogen and oxygen atoms in total. The summed E-state index contributed by atoms with van der Waals surface area (Å²) in [6.07, 6.45) is -0.0706. The highest BCUT2D eigenvalue weighted by Crippen LogP contribution is 2.42. The number of carboxylic acids is 1. The number of hydrogen-bond donors (Lipinski definition) is 2. The number of hydrogen-bond acceptors (Lipinski definition) is 3. The van der Waals surface area contributed by atoms with Gasteiger partial charge in [-0.25, -0.2) is 0 Å². The minimum absolute atomic E-state index is 0.0706. The van der Waals surface area contributed by atoms with Gasteiger partial charge in [0.05, 0.1) is 15.4 Å². The second-order valence-electron chi connectivity index (χ2n) is 6.82. The molecule has 0 atom stereocenters. The molecule has 0 bridgehead atoms. The van der Waals surface area contributed by atoms with E-state index in [0.29, 0.717) is 26.0 Å². The second kappa shape index (κ2) is 8.44. The molecule has 0 unspecified atom stereocenters. The molecule has 2 rings (SSSR count). The number of halogens is 2. The van der Waals surface area contributed by atoms with E-state index in [2.05, 4.69) is 59.6 Å². The van der Waals surface area contributed by atoms with Gasteiger partial charge in [0, 0.05) is 11.6 Å². The third-order valence-corrected chi connectivity index (χ3v) is 5.17. The van der Waals surface area contributed by atoms with Crippen molar-refractivity contribution in [2.75, 3.05) is 0 Å². The third kappa shape index (κ3) is 4.80. The molecule has 0 amide bonds. The molecule has 26 heavy (non-hydrogen) atoms. The van der Waals surface area contributed by atoms with Crippen molar-refractivity contribution in [2.24, 2.45) is 0 Å². The second-order valence-corrected chi connectivity index (χ2v) is 8.52. The zero-order chi connectivity index (χ0) is 19.6. The van der Waals surface area contributed by atoms with Crippen molar-refractivity contribution in [1.29, 1.82) is 0 Å². The number of phenolic OH excluding ortho intramolecular Hbond substituents is 1. The van der Waals surface area contributed by atoms with E-state index in [4.69, 9.17) is 9.84 Å². The molecule has 0 spiro atoms. The van der Waals surface area contributed by atoms with Crippen molar-refractivity contribution < 1.29 is 19.7 Å². The standard InChI is InChI=1S/C20H22Br2O4/c1-10(2)14-8-13(9-17(23)19(14)11(3)4)26-20-15(21)5-12(6-16(20)22)7-18(24)25/h5-6,8-11,23H,7H2,1-4H3,(H,24,25). The van der Waals surface area contributed by atoms with Crippen LogP contribution in [-0.2, 0) is 11.2 Å². The smallest absolute Gasteiger partial charge is 0.307 e. The van der Waals surface area contributed by atoms with Crippen LogP contribution in [0.1, 0.15) is 56.2 Å². The average Bonchev–Trinajstić information content (AvgIpc) is 2.49. The van der Waals surface area contributed by atoms with Gasteiger partial charge in [0.1, 0.15) is 11.5 Å². The number of aliphatic carboxylic acids is 1. The fourth-order valence-corrected chi connectivity index (χ4v) is 4.35. The molecule has 0 heterocycles. The van der Waals surface area contributed by atoms with Gasteiger partial charge >= 0.3 is 5.97 Å². The summed E-state index contributed by atoms with van der Waals surface area (Å²) in [5.74, 6) is 0.833. The maximum Gasteiger partial charge on any atom is 0.307 e. The lowest BCUT2D eigenvalue weighted by molar-refractivity contribution is -0.136. The van der Waals surface area contributed by atoms with Crippen LogP contribution < -0.4 is 4.74 Å². The van der Waals surface area contributed by atoms with Gasteiger partial charge in [-0.3, -0.25) is 4.79 Å². The van der Waals surface area contributed by atoms with Gasteiger partial charge in [-0.15, -0.1) is 0 Å². The normalized spacial score (nSPS) is 11.2. The predicted molar refractivity (Wildman–Crippen MR) is 110 cm³/mol. The molecule has 0 saturated carbocycles. The first-order valence-corrected chi connectivity index (χ1v) is 9.93. The highest BCUT2D eigenvalue weighted by molar-refractivity contribution is 9.11. The largest absolute Gasteiger partial charge is 0.508 e. The lowest BCUT2D eigenvalue weighted by atomic mass is 9.89. The summed E-state index contributed by atoms with van der Waals surface area (Å²) < 4.78 is 7.29. The van der Waals surface area contributed by atoms with Crippen LogP contribution in [-0.4, -0.2) is 16.2 Å². The number of benzene rings is 2. The summed E-state index contributed by atoms with van der Waals surface area (Å²) in [5, 5.41) is 19.4. The van der Waals surface area contributed by atoms with Crippen molar-refractivity contribution in [3.05, 3.63) is 49.9 Å². The van der Waals surface area contributed by atoms with Gasteiger partial charge in [-0.05, 0) is 73.0 Å². The molecule has 2 aromatic rings. The molecular formula is C20H22Br2O4. The Hall–Kier alpha value is -1.53. The van der Waals surface area contributed by atoms with E-state index >= 15 is 0 Å². The number of carbonyl (C=O) groups is 1. The van der Waals surface area contributed by atoms with Crippen molar-refractivity contribution in [2.45, 2.75) is 46.0 Å². The predicted octanol–water partition coefficient (Wildman–Crippen LogP) is 6.58. The number of aromatic hydroxyl groups is 1. The Morgan fingerprint density at radius 1 is 1.04 bits per heavy atom. The van der Waals surface area contributed by atoms with E-state index in [1.807, 2.05) is 6.07 Å². The molecule has 0 aliphatic heterocycles. The highest BCUT2D eigenvalue weighted by Gasteiger charge is 2.18. The average molecular weight is 486 g/mol. The van der Waals surface area contributed by atoms with E-state index < -0.39 is 5.97 Å². The summed E-state index contributed by atoms with van der Waals surface area (Å²) >= 11 is 6.88. The van der Waals surface area contributed by atoms with Crippen LogP contribution in [0.3, 0.4) is 0 Å². The molecule has 0 fully saturated rings. The van der Waals surface area contributed by atoms with Crippen molar-refractivity contribution in [3.63, 3.8) is 0 Å². The lowest BCUT2D eigenvalue weighted by Crippen LogP contribution is -2.02. The quantitative estimate of drug-likeness (QED) is 0.484. The topological polar surface area (TPSA) is 66.8 Å². The Kier molecular flexibility index (Phi) is 6.74. The zero-order valence-corrected chi connectivity index (χ0v) is 18.3. The first-order valence-electron chi connectivity index (χ1n) is 8.34. The van der Waals surface area contributed by atoms with E-state index in [1.54, 1.807) is 18.2 Å².